The number of ether oxygens (including phenoxy) is 1. The van der Waals surface area contributed by atoms with Gasteiger partial charge in [0.1, 0.15) is 18.0 Å². The van der Waals surface area contributed by atoms with Crippen LogP contribution >= 0.6 is 11.8 Å². The van der Waals surface area contributed by atoms with Crippen LogP contribution in [0.25, 0.3) is 6.08 Å². The highest BCUT2D eigenvalue weighted by Crippen LogP contribution is 2.32. The normalized spacial score (nSPS) is 17.0. The molecule has 1 aromatic rings. The van der Waals surface area contributed by atoms with Crippen molar-refractivity contribution in [1.82, 2.24) is 4.90 Å². The molecule has 0 aromatic heterocycles. The van der Waals surface area contributed by atoms with Gasteiger partial charge < -0.3 is 4.74 Å². The first-order chi connectivity index (χ1) is 10.7. The molecule has 0 atom stereocenters. The molecule has 0 saturated carbocycles. The fraction of sp³-hybridized carbons (Fsp3) is 0.312. The Bertz CT molecular complexity index is 676. The summed E-state index contributed by atoms with van der Waals surface area (Å²) in [5.74, 6) is -1.60. The molecule has 122 valence electrons. The monoisotopic (exact) mass is 337 g/mol. The second kappa shape index (κ2) is 6.54. The molecule has 0 unspecified atom stereocenters. The topological polar surface area (TPSA) is 63.7 Å². The van der Waals surface area contributed by atoms with Gasteiger partial charge >= 0.3 is 5.97 Å². The van der Waals surface area contributed by atoms with Gasteiger partial charge in [0.05, 0.1) is 4.91 Å². The van der Waals surface area contributed by atoms with Gasteiger partial charge in [-0.05, 0) is 56.3 Å². The maximum absolute atomic E-state index is 12.9. The predicted octanol–water partition coefficient (Wildman–Crippen LogP) is 3.20. The minimum atomic E-state index is -0.692. The number of rotatable bonds is 3. The zero-order chi connectivity index (χ0) is 17.2. The van der Waals surface area contributed by atoms with Gasteiger partial charge in [-0.15, -0.1) is 0 Å². The molecule has 1 aromatic carbocycles. The summed E-state index contributed by atoms with van der Waals surface area (Å²) >= 11 is 0.738. The average molecular weight is 337 g/mol. The van der Waals surface area contributed by atoms with Crippen molar-refractivity contribution < 1.29 is 23.5 Å². The van der Waals surface area contributed by atoms with Gasteiger partial charge in [0.25, 0.3) is 11.1 Å². The number of amides is 2. The van der Waals surface area contributed by atoms with E-state index in [-0.39, 0.29) is 10.7 Å². The maximum atomic E-state index is 12.9. The number of thioether (sulfide) groups is 1. The predicted molar refractivity (Wildman–Crippen MR) is 84.9 cm³/mol. The van der Waals surface area contributed by atoms with E-state index in [0.29, 0.717) is 5.56 Å². The molecule has 2 rings (SSSR count). The maximum Gasteiger partial charge on any atom is 0.326 e. The molecule has 0 spiro atoms. The number of esters is 1. The quantitative estimate of drug-likeness (QED) is 0.626. The van der Waals surface area contributed by atoms with Gasteiger partial charge in [-0.25, -0.2) is 4.39 Å². The van der Waals surface area contributed by atoms with Gasteiger partial charge in [0, 0.05) is 0 Å². The van der Waals surface area contributed by atoms with Crippen LogP contribution in [0.15, 0.2) is 29.2 Å². The lowest BCUT2D eigenvalue weighted by atomic mass is 10.2. The molecule has 1 fully saturated rings. The summed E-state index contributed by atoms with van der Waals surface area (Å²) in [6.07, 6.45) is 1.49. The summed E-state index contributed by atoms with van der Waals surface area (Å²) in [4.78, 5) is 36.9. The van der Waals surface area contributed by atoms with E-state index >= 15 is 0 Å². The highest BCUT2D eigenvalue weighted by atomic mass is 32.2. The van der Waals surface area contributed by atoms with Gasteiger partial charge in [-0.3, -0.25) is 19.3 Å². The summed E-state index contributed by atoms with van der Waals surface area (Å²) in [6, 6.07) is 5.52. The van der Waals surface area contributed by atoms with Crippen molar-refractivity contribution in [3.8, 4) is 0 Å². The summed E-state index contributed by atoms with van der Waals surface area (Å²) in [6.45, 7) is 4.68. The lowest BCUT2D eigenvalue weighted by Crippen LogP contribution is -2.37. The van der Waals surface area contributed by atoms with Crippen LogP contribution in [0.3, 0.4) is 0 Å². The molecule has 0 N–H and O–H groups in total. The van der Waals surface area contributed by atoms with Gasteiger partial charge in [-0.2, -0.15) is 0 Å². The second-order valence-corrected chi connectivity index (χ2v) is 6.90. The van der Waals surface area contributed by atoms with Gasteiger partial charge in [0.15, 0.2) is 0 Å². The third-order valence-electron chi connectivity index (χ3n) is 2.75. The molecular formula is C16H16FNO4S. The number of carbonyl (C=O) groups is 3. The van der Waals surface area contributed by atoms with Gasteiger partial charge in [-0.1, -0.05) is 12.1 Å². The molecule has 0 bridgehead atoms. The van der Waals surface area contributed by atoms with Crippen molar-refractivity contribution in [2.45, 2.75) is 26.4 Å². The molecule has 2 amide bonds. The average Bonchev–Trinajstić information content (AvgIpc) is 2.67. The summed E-state index contributed by atoms with van der Waals surface area (Å²) in [5.41, 5.74) is -0.0998. The minimum Gasteiger partial charge on any atom is -0.459 e. The van der Waals surface area contributed by atoms with E-state index in [1.807, 2.05) is 0 Å². The number of halogens is 1. The molecule has 1 saturated heterocycles. The van der Waals surface area contributed by atoms with E-state index in [2.05, 4.69) is 0 Å². The van der Waals surface area contributed by atoms with Crippen LogP contribution in [0, 0.1) is 5.82 Å². The lowest BCUT2D eigenvalue weighted by Gasteiger charge is -2.21. The SMILES string of the molecule is CC(C)(C)OC(=O)CN1C(=O)S/C(=C\c2ccc(F)cc2)C1=O. The third kappa shape index (κ3) is 4.66. The van der Waals surface area contributed by atoms with Crippen molar-refractivity contribution in [2.24, 2.45) is 0 Å². The Morgan fingerprint density at radius 1 is 1.26 bits per heavy atom. The Labute approximate surface area is 137 Å². The van der Waals surface area contributed by atoms with Crippen molar-refractivity contribution in [3.63, 3.8) is 0 Å². The highest BCUT2D eigenvalue weighted by Gasteiger charge is 2.37. The number of imide groups is 1. The first kappa shape index (κ1) is 17.2. The van der Waals surface area contributed by atoms with E-state index in [1.54, 1.807) is 20.8 Å². The van der Waals surface area contributed by atoms with Crippen molar-refractivity contribution in [3.05, 3.63) is 40.6 Å². The Kier molecular flexibility index (Phi) is 4.89. The molecular weight excluding hydrogens is 321 g/mol. The van der Waals surface area contributed by atoms with Crippen LogP contribution in [-0.4, -0.2) is 34.2 Å². The number of hydrogen-bond acceptors (Lipinski definition) is 5. The third-order valence-corrected chi connectivity index (χ3v) is 3.66. The standard InChI is InChI=1S/C16H16FNO4S/c1-16(2,3)22-13(19)9-18-14(20)12(23-15(18)21)8-10-4-6-11(17)7-5-10/h4-8H,9H2,1-3H3/b12-8-. The van der Waals surface area contributed by atoms with Crippen molar-refractivity contribution in [2.75, 3.05) is 6.54 Å². The number of carbonyl (C=O) groups excluding carboxylic acids is 3. The zero-order valence-corrected chi connectivity index (χ0v) is 13.8. The van der Waals surface area contributed by atoms with Crippen LogP contribution in [0.1, 0.15) is 26.3 Å². The molecule has 1 heterocycles. The number of nitrogens with zero attached hydrogens (tertiary/aromatic N) is 1. The van der Waals surface area contributed by atoms with Gasteiger partial charge in [0.2, 0.25) is 0 Å². The first-order valence-corrected chi connectivity index (χ1v) is 7.70. The summed E-state index contributed by atoms with van der Waals surface area (Å²) in [7, 11) is 0. The Morgan fingerprint density at radius 2 is 1.87 bits per heavy atom. The highest BCUT2D eigenvalue weighted by molar-refractivity contribution is 8.18. The van der Waals surface area contributed by atoms with Crippen LogP contribution in [0.4, 0.5) is 9.18 Å². The molecule has 23 heavy (non-hydrogen) atoms. The van der Waals surface area contributed by atoms with Crippen LogP contribution < -0.4 is 0 Å². The van der Waals surface area contributed by atoms with E-state index < -0.39 is 29.3 Å². The minimum absolute atomic E-state index is 0.185. The van der Waals surface area contributed by atoms with E-state index in [1.165, 1.54) is 30.3 Å². The molecule has 5 nitrogen and oxygen atoms in total. The molecule has 1 aliphatic heterocycles. The van der Waals surface area contributed by atoms with Crippen LogP contribution in [-0.2, 0) is 14.3 Å². The fourth-order valence-corrected chi connectivity index (χ4v) is 2.69. The summed E-state index contributed by atoms with van der Waals surface area (Å²) in [5, 5.41) is -0.533. The first-order valence-electron chi connectivity index (χ1n) is 6.88. The molecule has 7 heteroatoms. The second-order valence-electron chi connectivity index (χ2n) is 5.91. The largest absolute Gasteiger partial charge is 0.459 e. The van der Waals surface area contributed by atoms with E-state index in [4.69, 9.17) is 4.74 Å². The van der Waals surface area contributed by atoms with E-state index in [9.17, 15) is 18.8 Å². The Morgan fingerprint density at radius 3 is 2.43 bits per heavy atom. The lowest BCUT2D eigenvalue weighted by molar-refractivity contribution is -0.156. The Balaban J connectivity index is 2.10. The number of benzene rings is 1. The zero-order valence-electron chi connectivity index (χ0n) is 13.0. The fourth-order valence-electron chi connectivity index (χ4n) is 1.85. The van der Waals surface area contributed by atoms with Crippen LogP contribution in [0.5, 0.6) is 0 Å². The number of hydrogen-bond donors (Lipinski definition) is 0. The Hall–Kier alpha value is -2.15. The van der Waals surface area contributed by atoms with Crippen LogP contribution in [0.2, 0.25) is 0 Å². The molecule has 0 aliphatic carbocycles. The smallest absolute Gasteiger partial charge is 0.326 e. The summed E-state index contributed by atoms with van der Waals surface area (Å²) < 4.78 is 18.0. The molecule has 0 radical (unpaired) electrons. The van der Waals surface area contributed by atoms with Crippen molar-refractivity contribution in [1.29, 1.82) is 0 Å². The van der Waals surface area contributed by atoms with Crippen molar-refractivity contribution >= 4 is 35.0 Å². The molecule has 1 aliphatic rings. The van der Waals surface area contributed by atoms with E-state index in [0.717, 1.165) is 16.7 Å².